The number of aryl methyl sites for hydroxylation is 2. The van der Waals surface area contributed by atoms with Gasteiger partial charge in [-0.3, -0.25) is 4.79 Å². The van der Waals surface area contributed by atoms with Crippen LogP contribution in [0.2, 0.25) is 0 Å². The van der Waals surface area contributed by atoms with Gasteiger partial charge in [-0.25, -0.2) is 0 Å². The Bertz CT molecular complexity index is 546. The van der Waals surface area contributed by atoms with E-state index in [1.807, 2.05) is 25.3 Å². The van der Waals surface area contributed by atoms with Crippen molar-refractivity contribution in [3.8, 4) is 0 Å². The number of thiophene rings is 1. The van der Waals surface area contributed by atoms with E-state index < -0.39 is 0 Å². The van der Waals surface area contributed by atoms with Gasteiger partial charge in [-0.15, -0.1) is 11.3 Å². The molecule has 0 fully saturated rings. The molecule has 0 saturated carbocycles. The molecule has 0 aromatic carbocycles. The topological polar surface area (TPSA) is 55.1 Å². The lowest BCUT2D eigenvalue weighted by Gasteiger charge is -2.12. The van der Waals surface area contributed by atoms with Crippen molar-refractivity contribution < 1.29 is 9.32 Å². The van der Waals surface area contributed by atoms with Crippen molar-refractivity contribution in [1.29, 1.82) is 0 Å². The van der Waals surface area contributed by atoms with Crippen molar-refractivity contribution in [2.24, 2.45) is 0 Å². The number of carbonyl (C=O) groups is 1. The fourth-order valence-electron chi connectivity index (χ4n) is 2.03. The van der Waals surface area contributed by atoms with Gasteiger partial charge in [0.25, 0.3) is 5.91 Å². The van der Waals surface area contributed by atoms with Gasteiger partial charge >= 0.3 is 0 Å². The second kappa shape index (κ2) is 6.02. The molecule has 0 spiro atoms. The first-order chi connectivity index (χ1) is 9.11. The Balaban J connectivity index is 2.02. The van der Waals surface area contributed by atoms with Crippen molar-refractivity contribution >= 4 is 17.2 Å². The molecular formula is C14H18N2O2S. The second-order valence-corrected chi connectivity index (χ2v) is 5.60. The van der Waals surface area contributed by atoms with Crippen LogP contribution in [-0.4, -0.2) is 17.1 Å². The van der Waals surface area contributed by atoms with Crippen LogP contribution in [0.1, 0.15) is 40.5 Å². The number of rotatable bonds is 5. The second-order valence-electron chi connectivity index (χ2n) is 4.57. The Hall–Kier alpha value is -1.62. The summed E-state index contributed by atoms with van der Waals surface area (Å²) in [6.45, 7) is 5.74. The van der Waals surface area contributed by atoms with Crippen LogP contribution >= 0.6 is 11.3 Å². The number of hydrogen-bond donors (Lipinski definition) is 1. The number of carbonyl (C=O) groups excluding carboxylic acids is 1. The molecule has 0 aliphatic carbocycles. The number of amides is 1. The van der Waals surface area contributed by atoms with E-state index in [1.54, 1.807) is 18.3 Å². The first-order valence-electron chi connectivity index (χ1n) is 6.40. The van der Waals surface area contributed by atoms with Gasteiger partial charge in [0.05, 0.1) is 5.69 Å². The predicted molar refractivity (Wildman–Crippen MR) is 75.6 cm³/mol. The van der Waals surface area contributed by atoms with Crippen LogP contribution in [0.25, 0.3) is 0 Å². The highest BCUT2D eigenvalue weighted by atomic mass is 32.1. The molecule has 2 aromatic heterocycles. The third-order valence-electron chi connectivity index (χ3n) is 2.96. The Labute approximate surface area is 116 Å². The molecule has 1 N–H and O–H groups in total. The van der Waals surface area contributed by atoms with E-state index in [2.05, 4.69) is 16.5 Å². The van der Waals surface area contributed by atoms with Crippen LogP contribution in [-0.2, 0) is 12.8 Å². The standard InChI is InChI=1S/C14H18N2O2S/c1-4-12-13(10(3)18-16-12)14(17)15-9(2)8-11-6-5-7-19-11/h5-7,9H,4,8H2,1-3H3,(H,15,17)/t9-/m0/s1. The molecule has 5 heteroatoms. The molecule has 19 heavy (non-hydrogen) atoms. The van der Waals surface area contributed by atoms with Crippen molar-refractivity contribution in [2.75, 3.05) is 0 Å². The fourth-order valence-corrected chi connectivity index (χ4v) is 2.86. The van der Waals surface area contributed by atoms with Gasteiger partial charge in [-0.1, -0.05) is 18.1 Å². The Morgan fingerprint density at radius 3 is 3.00 bits per heavy atom. The summed E-state index contributed by atoms with van der Waals surface area (Å²) in [7, 11) is 0. The quantitative estimate of drug-likeness (QED) is 0.914. The largest absolute Gasteiger partial charge is 0.361 e. The smallest absolute Gasteiger partial charge is 0.257 e. The van der Waals surface area contributed by atoms with Crippen LogP contribution in [0.4, 0.5) is 0 Å². The molecule has 0 bridgehead atoms. The minimum Gasteiger partial charge on any atom is -0.361 e. The summed E-state index contributed by atoms with van der Waals surface area (Å²) >= 11 is 1.70. The van der Waals surface area contributed by atoms with Gasteiger partial charge in [0.1, 0.15) is 11.3 Å². The van der Waals surface area contributed by atoms with Crippen LogP contribution in [0, 0.1) is 6.92 Å². The van der Waals surface area contributed by atoms with Crippen LogP contribution < -0.4 is 5.32 Å². The molecule has 0 saturated heterocycles. The van der Waals surface area contributed by atoms with E-state index in [0.717, 1.165) is 12.1 Å². The van der Waals surface area contributed by atoms with E-state index >= 15 is 0 Å². The summed E-state index contributed by atoms with van der Waals surface area (Å²) in [5.41, 5.74) is 1.30. The first-order valence-corrected chi connectivity index (χ1v) is 7.28. The molecule has 2 rings (SSSR count). The molecule has 1 atom stereocenters. The molecular weight excluding hydrogens is 260 g/mol. The number of aromatic nitrogens is 1. The van der Waals surface area contributed by atoms with Gasteiger partial charge in [-0.05, 0) is 31.7 Å². The molecule has 0 radical (unpaired) electrons. The van der Waals surface area contributed by atoms with Crippen LogP contribution in [0.5, 0.6) is 0 Å². The summed E-state index contributed by atoms with van der Waals surface area (Å²) in [5.74, 6) is 0.484. The summed E-state index contributed by atoms with van der Waals surface area (Å²) in [6.07, 6.45) is 1.54. The van der Waals surface area contributed by atoms with Gasteiger partial charge < -0.3 is 9.84 Å². The summed E-state index contributed by atoms with van der Waals surface area (Å²) < 4.78 is 5.09. The van der Waals surface area contributed by atoms with Crippen LogP contribution in [0.15, 0.2) is 22.0 Å². The predicted octanol–water partition coefficient (Wildman–Crippen LogP) is 2.97. The number of nitrogens with one attached hydrogen (secondary N) is 1. The molecule has 0 aliphatic heterocycles. The minimum absolute atomic E-state index is 0.0881. The molecule has 102 valence electrons. The molecule has 2 aromatic rings. The lowest BCUT2D eigenvalue weighted by Crippen LogP contribution is -2.34. The van der Waals surface area contributed by atoms with Gasteiger partial charge in [0, 0.05) is 17.3 Å². The summed E-state index contributed by atoms with van der Waals surface area (Å²) in [6, 6.07) is 4.19. The molecule has 0 aliphatic rings. The monoisotopic (exact) mass is 278 g/mol. The zero-order valence-electron chi connectivity index (χ0n) is 11.4. The highest BCUT2D eigenvalue weighted by Gasteiger charge is 2.20. The normalized spacial score (nSPS) is 12.4. The average Bonchev–Trinajstić information content (AvgIpc) is 2.98. The highest BCUT2D eigenvalue weighted by molar-refractivity contribution is 7.09. The van der Waals surface area contributed by atoms with E-state index in [1.165, 1.54) is 4.88 Å². The fraction of sp³-hybridized carbons (Fsp3) is 0.429. The maximum atomic E-state index is 12.2. The zero-order chi connectivity index (χ0) is 13.8. The Morgan fingerprint density at radius 2 is 2.37 bits per heavy atom. The molecule has 2 heterocycles. The molecule has 1 amide bonds. The number of nitrogens with zero attached hydrogens (tertiary/aromatic N) is 1. The van der Waals surface area contributed by atoms with Crippen molar-refractivity contribution in [3.05, 3.63) is 39.4 Å². The zero-order valence-corrected chi connectivity index (χ0v) is 12.2. The van der Waals surface area contributed by atoms with Crippen molar-refractivity contribution in [3.63, 3.8) is 0 Å². The maximum absolute atomic E-state index is 12.2. The molecule has 4 nitrogen and oxygen atoms in total. The summed E-state index contributed by atoms with van der Waals surface area (Å²) in [5, 5.41) is 8.95. The van der Waals surface area contributed by atoms with Gasteiger partial charge in [0.2, 0.25) is 0 Å². The summed E-state index contributed by atoms with van der Waals surface area (Å²) in [4.78, 5) is 13.5. The molecule has 0 unspecified atom stereocenters. The van der Waals surface area contributed by atoms with Crippen molar-refractivity contribution in [1.82, 2.24) is 10.5 Å². The van der Waals surface area contributed by atoms with E-state index in [0.29, 0.717) is 17.7 Å². The van der Waals surface area contributed by atoms with Crippen molar-refractivity contribution in [2.45, 2.75) is 39.7 Å². The first kappa shape index (κ1) is 13.8. The number of hydrogen-bond acceptors (Lipinski definition) is 4. The maximum Gasteiger partial charge on any atom is 0.257 e. The van der Waals surface area contributed by atoms with Gasteiger partial charge in [0.15, 0.2) is 0 Å². The van der Waals surface area contributed by atoms with Crippen LogP contribution in [0.3, 0.4) is 0 Å². The minimum atomic E-state index is -0.0975. The van der Waals surface area contributed by atoms with E-state index in [9.17, 15) is 4.79 Å². The van der Waals surface area contributed by atoms with Gasteiger partial charge in [-0.2, -0.15) is 0 Å². The highest BCUT2D eigenvalue weighted by Crippen LogP contribution is 2.15. The SMILES string of the molecule is CCc1noc(C)c1C(=O)N[C@@H](C)Cc1cccs1. The Morgan fingerprint density at radius 1 is 1.58 bits per heavy atom. The Kier molecular flexibility index (Phi) is 4.37. The van der Waals surface area contributed by atoms with E-state index in [4.69, 9.17) is 4.52 Å². The average molecular weight is 278 g/mol. The third kappa shape index (κ3) is 3.23. The van der Waals surface area contributed by atoms with E-state index in [-0.39, 0.29) is 11.9 Å². The lowest BCUT2D eigenvalue weighted by molar-refractivity contribution is 0.0938. The third-order valence-corrected chi connectivity index (χ3v) is 3.86. The lowest BCUT2D eigenvalue weighted by atomic mass is 10.1.